The third-order valence-electron chi connectivity index (χ3n) is 4.94. The van der Waals surface area contributed by atoms with Gasteiger partial charge in [0.2, 0.25) is 10.0 Å². The summed E-state index contributed by atoms with van der Waals surface area (Å²) in [4.78, 5) is 24.7. The number of hydrogen-bond acceptors (Lipinski definition) is 7. The molecule has 2 aromatic rings. The largest absolute Gasteiger partial charge is 0.493 e. The van der Waals surface area contributed by atoms with Crippen LogP contribution >= 0.6 is 0 Å². The van der Waals surface area contributed by atoms with Crippen molar-refractivity contribution in [1.29, 1.82) is 0 Å². The number of rotatable bonds is 9. The first-order valence-corrected chi connectivity index (χ1v) is 12.1. The van der Waals surface area contributed by atoms with Crippen LogP contribution in [-0.2, 0) is 19.6 Å². The highest BCUT2D eigenvalue weighted by Crippen LogP contribution is 2.29. The fraction of sp³-hybridized carbons (Fsp3) is 0.391. The van der Waals surface area contributed by atoms with Crippen molar-refractivity contribution in [2.24, 2.45) is 0 Å². The standard InChI is InChI=1S/C23H28N2O7S/c1-16(2)32-20-11-6-17(14-21(20)30-3)23(27)31-15-22(26)24-18-7-9-19(10-8-18)33(28,29)25-12-4-5-13-25/h6-11,14,16H,4-5,12-13,15H2,1-3H3,(H,24,26). The molecule has 1 aliphatic rings. The minimum Gasteiger partial charge on any atom is -0.493 e. The van der Waals surface area contributed by atoms with E-state index in [0.29, 0.717) is 30.3 Å². The van der Waals surface area contributed by atoms with Gasteiger partial charge in [-0.1, -0.05) is 0 Å². The van der Waals surface area contributed by atoms with Gasteiger partial charge in [-0.3, -0.25) is 4.79 Å². The number of nitrogens with zero attached hydrogens (tertiary/aromatic N) is 1. The summed E-state index contributed by atoms with van der Waals surface area (Å²) in [5.41, 5.74) is 0.612. The molecule has 0 spiro atoms. The van der Waals surface area contributed by atoms with Gasteiger partial charge in [-0.05, 0) is 69.2 Å². The Morgan fingerprint density at radius 3 is 2.30 bits per heavy atom. The van der Waals surface area contributed by atoms with Gasteiger partial charge in [0.1, 0.15) is 0 Å². The lowest BCUT2D eigenvalue weighted by Crippen LogP contribution is -2.27. The quantitative estimate of drug-likeness (QED) is 0.554. The maximum atomic E-state index is 12.6. The highest BCUT2D eigenvalue weighted by atomic mass is 32.2. The minimum atomic E-state index is -3.52. The van der Waals surface area contributed by atoms with E-state index in [0.717, 1.165) is 12.8 Å². The van der Waals surface area contributed by atoms with Gasteiger partial charge in [0.25, 0.3) is 5.91 Å². The van der Waals surface area contributed by atoms with Crippen molar-refractivity contribution < 1.29 is 32.2 Å². The number of amides is 1. The number of esters is 1. The summed E-state index contributed by atoms with van der Waals surface area (Å²) in [6.07, 6.45) is 1.65. The third-order valence-corrected chi connectivity index (χ3v) is 6.85. The van der Waals surface area contributed by atoms with Crippen LogP contribution in [0.2, 0.25) is 0 Å². The molecule has 2 aromatic carbocycles. The van der Waals surface area contributed by atoms with Crippen LogP contribution in [0.1, 0.15) is 37.0 Å². The highest BCUT2D eigenvalue weighted by molar-refractivity contribution is 7.89. The molecular formula is C23H28N2O7S. The van der Waals surface area contributed by atoms with Crippen LogP contribution in [0.15, 0.2) is 47.4 Å². The number of hydrogen-bond donors (Lipinski definition) is 1. The molecule has 0 bridgehead atoms. The van der Waals surface area contributed by atoms with Gasteiger partial charge in [-0.2, -0.15) is 4.31 Å². The Kier molecular flexibility index (Phi) is 7.93. The predicted octanol–water partition coefficient (Wildman–Crippen LogP) is 3.06. The van der Waals surface area contributed by atoms with Gasteiger partial charge in [0.15, 0.2) is 18.1 Å². The second kappa shape index (κ2) is 10.7. The van der Waals surface area contributed by atoms with Crippen molar-refractivity contribution in [3.8, 4) is 11.5 Å². The van der Waals surface area contributed by atoms with E-state index in [1.165, 1.54) is 47.8 Å². The summed E-state index contributed by atoms with van der Waals surface area (Å²) < 4.78 is 42.5. The van der Waals surface area contributed by atoms with E-state index in [4.69, 9.17) is 14.2 Å². The molecule has 1 N–H and O–H groups in total. The van der Waals surface area contributed by atoms with Crippen molar-refractivity contribution in [2.75, 3.05) is 32.1 Å². The summed E-state index contributed by atoms with van der Waals surface area (Å²) in [7, 11) is -2.05. The minimum absolute atomic E-state index is 0.0604. The molecule has 0 aromatic heterocycles. The lowest BCUT2D eigenvalue weighted by molar-refractivity contribution is -0.119. The molecule has 1 amide bonds. The Labute approximate surface area is 193 Å². The van der Waals surface area contributed by atoms with E-state index in [-0.39, 0.29) is 16.6 Å². The zero-order valence-electron chi connectivity index (χ0n) is 18.9. The number of sulfonamides is 1. The Hall–Kier alpha value is -3.11. The van der Waals surface area contributed by atoms with E-state index in [2.05, 4.69) is 5.32 Å². The first kappa shape index (κ1) is 24.5. The van der Waals surface area contributed by atoms with Gasteiger partial charge < -0.3 is 19.5 Å². The second-order valence-electron chi connectivity index (χ2n) is 7.79. The lowest BCUT2D eigenvalue weighted by Gasteiger charge is -2.15. The van der Waals surface area contributed by atoms with Crippen molar-refractivity contribution in [1.82, 2.24) is 4.31 Å². The van der Waals surface area contributed by atoms with E-state index in [1.54, 1.807) is 6.07 Å². The number of benzene rings is 2. The van der Waals surface area contributed by atoms with Crippen molar-refractivity contribution >= 4 is 27.6 Å². The van der Waals surface area contributed by atoms with Gasteiger partial charge in [0, 0.05) is 18.8 Å². The molecule has 1 saturated heterocycles. The molecule has 0 radical (unpaired) electrons. The average Bonchev–Trinajstić information content (AvgIpc) is 3.34. The molecule has 0 atom stereocenters. The van der Waals surface area contributed by atoms with Crippen LogP contribution in [0.25, 0.3) is 0 Å². The molecule has 0 aliphatic carbocycles. The number of ether oxygens (including phenoxy) is 3. The molecular weight excluding hydrogens is 448 g/mol. The highest BCUT2D eigenvalue weighted by Gasteiger charge is 2.27. The molecule has 0 saturated carbocycles. The third kappa shape index (κ3) is 6.23. The fourth-order valence-corrected chi connectivity index (χ4v) is 4.86. The summed E-state index contributed by atoms with van der Waals surface area (Å²) >= 11 is 0. The first-order valence-electron chi connectivity index (χ1n) is 10.6. The molecule has 1 heterocycles. The Morgan fingerprint density at radius 1 is 1.03 bits per heavy atom. The Morgan fingerprint density at radius 2 is 1.70 bits per heavy atom. The maximum absolute atomic E-state index is 12.6. The van der Waals surface area contributed by atoms with Gasteiger partial charge in [-0.25, -0.2) is 13.2 Å². The molecule has 3 rings (SSSR count). The predicted molar refractivity (Wildman–Crippen MR) is 122 cm³/mol. The smallest absolute Gasteiger partial charge is 0.338 e. The number of nitrogens with one attached hydrogen (secondary N) is 1. The average molecular weight is 477 g/mol. The molecule has 9 nitrogen and oxygen atoms in total. The Balaban J connectivity index is 1.55. The monoisotopic (exact) mass is 476 g/mol. The van der Waals surface area contributed by atoms with Crippen LogP contribution in [0.5, 0.6) is 11.5 Å². The molecule has 33 heavy (non-hydrogen) atoms. The molecule has 178 valence electrons. The normalized spacial score (nSPS) is 14.2. The van der Waals surface area contributed by atoms with Crippen molar-refractivity contribution in [3.63, 3.8) is 0 Å². The van der Waals surface area contributed by atoms with Crippen molar-refractivity contribution in [3.05, 3.63) is 48.0 Å². The van der Waals surface area contributed by atoms with Gasteiger partial charge >= 0.3 is 5.97 Å². The Bertz CT molecular complexity index is 1090. The molecule has 1 aliphatic heterocycles. The molecule has 1 fully saturated rings. The van der Waals surface area contributed by atoms with Crippen LogP contribution in [0.3, 0.4) is 0 Å². The van der Waals surface area contributed by atoms with E-state index < -0.39 is 28.5 Å². The van der Waals surface area contributed by atoms with Crippen LogP contribution < -0.4 is 14.8 Å². The number of methoxy groups -OCH3 is 1. The number of anilines is 1. The zero-order chi connectivity index (χ0) is 24.0. The van der Waals surface area contributed by atoms with Crippen LogP contribution in [-0.4, -0.2) is 57.5 Å². The molecule has 0 unspecified atom stereocenters. The summed E-state index contributed by atoms with van der Waals surface area (Å²) in [5.74, 6) is -0.361. The van der Waals surface area contributed by atoms with Crippen LogP contribution in [0.4, 0.5) is 5.69 Å². The van der Waals surface area contributed by atoms with Crippen LogP contribution in [0, 0.1) is 0 Å². The second-order valence-corrected chi connectivity index (χ2v) is 9.73. The van der Waals surface area contributed by atoms with Gasteiger partial charge in [-0.15, -0.1) is 0 Å². The van der Waals surface area contributed by atoms with Crippen molar-refractivity contribution in [2.45, 2.75) is 37.7 Å². The maximum Gasteiger partial charge on any atom is 0.338 e. The van der Waals surface area contributed by atoms with Gasteiger partial charge in [0.05, 0.1) is 23.7 Å². The summed E-state index contributed by atoms with van der Waals surface area (Å²) in [6.45, 7) is 4.29. The SMILES string of the molecule is COc1cc(C(=O)OCC(=O)Nc2ccc(S(=O)(=O)N3CCCC3)cc2)ccc1OC(C)C. The van der Waals surface area contributed by atoms with E-state index >= 15 is 0 Å². The summed E-state index contributed by atoms with van der Waals surface area (Å²) in [5, 5.41) is 2.58. The summed E-state index contributed by atoms with van der Waals surface area (Å²) in [6, 6.07) is 10.5. The fourth-order valence-electron chi connectivity index (χ4n) is 3.35. The van der Waals surface area contributed by atoms with E-state index in [1.807, 2.05) is 13.8 Å². The lowest BCUT2D eigenvalue weighted by atomic mass is 10.2. The first-order chi connectivity index (χ1) is 15.7. The number of carbonyl (C=O) groups is 2. The molecule has 10 heteroatoms. The van der Waals surface area contributed by atoms with E-state index in [9.17, 15) is 18.0 Å². The topological polar surface area (TPSA) is 111 Å². The number of carbonyl (C=O) groups excluding carboxylic acids is 2. The zero-order valence-corrected chi connectivity index (χ0v) is 19.7.